The van der Waals surface area contributed by atoms with E-state index in [1.54, 1.807) is 0 Å². The van der Waals surface area contributed by atoms with E-state index in [9.17, 15) is 0 Å². The minimum atomic E-state index is 0.955. The first-order valence-electron chi connectivity index (χ1n) is 6.91. The van der Waals surface area contributed by atoms with Gasteiger partial charge in [-0.15, -0.1) is 0 Å². The van der Waals surface area contributed by atoms with Crippen LogP contribution >= 0.6 is 0 Å². The van der Waals surface area contributed by atoms with Crippen LogP contribution in [-0.2, 0) is 4.74 Å². The summed E-state index contributed by atoms with van der Waals surface area (Å²) in [5.41, 5.74) is 0. The normalized spacial score (nSPS) is 9.60. The van der Waals surface area contributed by atoms with Gasteiger partial charge in [-0.1, -0.05) is 66.2 Å². The predicted octanol–water partition coefficient (Wildman–Crippen LogP) is 5.19. The average molecular weight is 216 g/mol. The Morgan fingerprint density at radius 1 is 0.533 bits per heavy atom. The maximum atomic E-state index is 5.31. The van der Waals surface area contributed by atoms with E-state index in [1.165, 1.54) is 51.4 Å². The molecule has 0 N–H and O–H groups in total. The van der Waals surface area contributed by atoms with Crippen LogP contribution in [0.15, 0.2) is 0 Å². The smallest absolute Gasteiger partial charge is 0.0465 e. The molecule has 0 heterocycles. The molecule has 0 saturated heterocycles. The third-order valence-electron chi connectivity index (χ3n) is 2.24. The first kappa shape index (κ1) is 17.4. The lowest BCUT2D eigenvalue weighted by Gasteiger charge is -1.99. The van der Waals surface area contributed by atoms with Crippen LogP contribution in [0.3, 0.4) is 0 Å². The Bertz CT molecular complexity index is 71.4. The third kappa shape index (κ3) is 24.9. The van der Waals surface area contributed by atoms with Gasteiger partial charge in [0.05, 0.1) is 0 Å². The fraction of sp³-hybridized carbons (Fsp3) is 1.00. The topological polar surface area (TPSA) is 9.23 Å². The summed E-state index contributed by atoms with van der Waals surface area (Å²) in [5, 5.41) is 0. The first-order chi connectivity index (χ1) is 7.33. The molecule has 0 spiro atoms. The largest absolute Gasteiger partial charge is 0.381 e. The monoisotopic (exact) mass is 216 g/mol. The molecule has 0 aromatic carbocycles. The van der Waals surface area contributed by atoms with Crippen molar-refractivity contribution in [3.63, 3.8) is 0 Å². The highest BCUT2D eigenvalue weighted by molar-refractivity contribution is 4.34. The average Bonchev–Trinajstić information content (AvgIpc) is 2.27. The lowest BCUT2D eigenvalue weighted by Crippen LogP contribution is -1.95. The molecular formula is C14H32O. The Hall–Kier alpha value is -0.0400. The highest BCUT2D eigenvalue weighted by Gasteiger charge is 1.84. The Labute approximate surface area is 97.6 Å². The number of rotatable bonds is 9. The molecule has 94 valence electrons. The summed E-state index contributed by atoms with van der Waals surface area (Å²) in [6.07, 6.45) is 10.4. The Morgan fingerprint density at radius 3 is 1.13 bits per heavy atom. The standard InChI is InChI=1S/C8H18O.C6H14/c1-3-5-7-9-8-6-4-2;1-3-5-6-4-2/h3-8H2,1-2H3;3-6H2,1-2H3. The number of unbranched alkanes of at least 4 members (excludes halogenated alkanes) is 5. The summed E-state index contributed by atoms with van der Waals surface area (Å²) in [4.78, 5) is 0. The second-order valence-corrected chi connectivity index (χ2v) is 4.03. The molecular weight excluding hydrogens is 184 g/mol. The van der Waals surface area contributed by atoms with E-state index in [2.05, 4.69) is 27.7 Å². The molecule has 0 aliphatic rings. The van der Waals surface area contributed by atoms with Gasteiger partial charge >= 0.3 is 0 Å². The Kier molecular flexibility index (Phi) is 22.6. The van der Waals surface area contributed by atoms with E-state index < -0.39 is 0 Å². The molecule has 0 atom stereocenters. The van der Waals surface area contributed by atoms with E-state index in [0.29, 0.717) is 0 Å². The second-order valence-electron chi connectivity index (χ2n) is 4.03. The first-order valence-corrected chi connectivity index (χ1v) is 6.91. The quantitative estimate of drug-likeness (QED) is 0.482. The van der Waals surface area contributed by atoms with Gasteiger partial charge in [0, 0.05) is 13.2 Å². The number of hydrogen-bond acceptors (Lipinski definition) is 1. The molecule has 1 nitrogen and oxygen atoms in total. The fourth-order valence-corrected chi connectivity index (χ4v) is 1.09. The molecule has 0 aromatic heterocycles. The third-order valence-corrected chi connectivity index (χ3v) is 2.24. The summed E-state index contributed by atoms with van der Waals surface area (Å²) in [7, 11) is 0. The lowest BCUT2D eigenvalue weighted by atomic mass is 10.2. The van der Waals surface area contributed by atoms with Crippen LogP contribution in [0.25, 0.3) is 0 Å². The van der Waals surface area contributed by atoms with Crippen LogP contribution < -0.4 is 0 Å². The van der Waals surface area contributed by atoms with Gasteiger partial charge in [-0.25, -0.2) is 0 Å². The Morgan fingerprint density at radius 2 is 0.867 bits per heavy atom. The zero-order valence-corrected chi connectivity index (χ0v) is 11.5. The van der Waals surface area contributed by atoms with Crippen molar-refractivity contribution in [3.05, 3.63) is 0 Å². The van der Waals surface area contributed by atoms with Crippen molar-refractivity contribution < 1.29 is 4.74 Å². The van der Waals surface area contributed by atoms with Gasteiger partial charge in [-0.3, -0.25) is 0 Å². The van der Waals surface area contributed by atoms with Crippen molar-refractivity contribution in [2.24, 2.45) is 0 Å². The number of ether oxygens (including phenoxy) is 1. The molecule has 0 amide bonds. The molecule has 0 radical (unpaired) electrons. The molecule has 0 rings (SSSR count). The zero-order valence-electron chi connectivity index (χ0n) is 11.5. The number of hydrogen-bond donors (Lipinski definition) is 0. The lowest BCUT2D eigenvalue weighted by molar-refractivity contribution is 0.128. The second kappa shape index (κ2) is 19.5. The molecule has 0 aliphatic heterocycles. The Balaban J connectivity index is 0. The van der Waals surface area contributed by atoms with Crippen molar-refractivity contribution in [3.8, 4) is 0 Å². The van der Waals surface area contributed by atoms with E-state index in [4.69, 9.17) is 4.74 Å². The van der Waals surface area contributed by atoms with E-state index in [0.717, 1.165) is 13.2 Å². The van der Waals surface area contributed by atoms with Crippen molar-refractivity contribution in [2.75, 3.05) is 13.2 Å². The van der Waals surface area contributed by atoms with Gasteiger partial charge in [0.2, 0.25) is 0 Å². The van der Waals surface area contributed by atoms with E-state index in [-0.39, 0.29) is 0 Å². The summed E-state index contributed by atoms with van der Waals surface area (Å²) >= 11 is 0. The molecule has 0 unspecified atom stereocenters. The van der Waals surface area contributed by atoms with Crippen LogP contribution in [-0.4, -0.2) is 13.2 Å². The summed E-state index contributed by atoms with van der Waals surface area (Å²) in [6, 6.07) is 0. The van der Waals surface area contributed by atoms with Gasteiger partial charge in [-0.05, 0) is 12.8 Å². The van der Waals surface area contributed by atoms with Crippen molar-refractivity contribution in [2.45, 2.75) is 79.1 Å². The highest BCUT2D eigenvalue weighted by Crippen LogP contribution is 1.95. The van der Waals surface area contributed by atoms with Gasteiger partial charge in [0.15, 0.2) is 0 Å². The maximum Gasteiger partial charge on any atom is 0.0465 e. The molecule has 0 aliphatic carbocycles. The van der Waals surface area contributed by atoms with Crippen LogP contribution in [0.1, 0.15) is 79.1 Å². The van der Waals surface area contributed by atoms with Crippen molar-refractivity contribution in [1.29, 1.82) is 0 Å². The van der Waals surface area contributed by atoms with Crippen LogP contribution in [0.5, 0.6) is 0 Å². The van der Waals surface area contributed by atoms with Crippen LogP contribution in [0.2, 0.25) is 0 Å². The molecule has 15 heavy (non-hydrogen) atoms. The summed E-state index contributed by atoms with van der Waals surface area (Å²) < 4.78 is 5.31. The van der Waals surface area contributed by atoms with E-state index in [1.807, 2.05) is 0 Å². The maximum absolute atomic E-state index is 5.31. The minimum absolute atomic E-state index is 0.955. The molecule has 0 saturated carbocycles. The summed E-state index contributed by atoms with van der Waals surface area (Å²) in [5.74, 6) is 0. The summed E-state index contributed by atoms with van der Waals surface area (Å²) in [6.45, 7) is 10.7. The fourth-order valence-electron chi connectivity index (χ4n) is 1.09. The van der Waals surface area contributed by atoms with Gasteiger partial charge in [-0.2, -0.15) is 0 Å². The SMILES string of the molecule is CCCCCC.CCCCOCCCC. The molecule has 1 heteroatoms. The zero-order chi connectivity index (χ0) is 11.8. The highest BCUT2D eigenvalue weighted by atomic mass is 16.5. The predicted molar refractivity (Wildman–Crippen MR) is 70.5 cm³/mol. The molecule has 0 fully saturated rings. The van der Waals surface area contributed by atoms with Gasteiger partial charge < -0.3 is 4.74 Å². The minimum Gasteiger partial charge on any atom is -0.381 e. The van der Waals surface area contributed by atoms with Gasteiger partial charge in [0.1, 0.15) is 0 Å². The molecule has 0 bridgehead atoms. The molecule has 0 aromatic rings. The van der Waals surface area contributed by atoms with Crippen LogP contribution in [0.4, 0.5) is 0 Å². The van der Waals surface area contributed by atoms with Gasteiger partial charge in [0.25, 0.3) is 0 Å². The van der Waals surface area contributed by atoms with Crippen molar-refractivity contribution in [1.82, 2.24) is 0 Å². The van der Waals surface area contributed by atoms with Crippen molar-refractivity contribution >= 4 is 0 Å². The van der Waals surface area contributed by atoms with E-state index >= 15 is 0 Å². The van der Waals surface area contributed by atoms with Crippen LogP contribution in [0, 0.1) is 0 Å².